The van der Waals surface area contributed by atoms with Gasteiger partial charge in [-0.15, -0.1) is 0 Å². The second-order valence-corrected chi connectivity index (χ2v) is 10.1. The van der Waals surface area contributed by atoms with Crippen molar-refractivity contribution in [2.45, 2.75) is 31.0 Å². The highest BCUT2D eigenvalue weighted by molar-refractivity contribution is 5.86. The van der Waals surface area contributed by atoms with Gasteiger partial charge in [-0.2, -0.15) is 0 Å². The second kappa shape index (κ2) is 12.4. The molecule has 6 nitrogen and oxygen atoms in total. The highest BCUT2D eigenvalue weighted by Crippen LogP contribution is 2.56. The van der Waals surface area contributed by atoms with E-state index in [0.717, 1.165) is 17.2 Å². The van der Waals surface area contributed by atoms with Gasteiger partial charge in [0.25, 0.3) is 0 Å². The molecule has 0 fully saturated rings. The Morgan fingerprint density at radius 1 is 0.732 bits per heavy atom. The molecule has 2 N–H and O–H groups in total. The molecule has 0 spiro atoms. The van der Waals surface area contributed by atoms with Gasteiger partial charge in [0.1, 0.15) is 37.4 Å². The average Bonchev–Trinajstić information content (AvgIpc) is 3.33. The number of carbonyl (C=O) groups excluding carboxylic acids is 1. The maximum atomic E-state index is 11.3. The summed E-state index contributed by atoms with van der Waals surface area (Å²) in [4.78, 5) is 11.3. The van der Waals surface area contributed by atoms with E-state index in [9.17, 15) is 15.0 Å². The zero-order chi connectivity index (χ0) is 28.8. The minimum absolute atomic E-state index is 0.0191. The molecule has 2 unspecified atom stereocenters. The molecule has 4 aromatic carbocycles. The number of hydrogen-bond donors (Lipinski definition) is 2. The van der Waals surface area contributed by atoms with Crippen molar-refractivity contribution >= 4 is 5.97 Å². The predicted molar refractivity (Wildman–Crippen MR) is 158 cm³/mol. The highest BCUT2D eigenvalue weighted by atomic mass is 16.5. The standard InChI is InChI=1S/C35H34O6/c1-3-26(36)21-39-28-17-13-24(14-18-28)35(32-11-7-5-9-30(32)31-10-6-8-12-33(31)35)25-15-19-29(20-16-25)40-22-27(37)23-41-34(38)4-2/h4-20,26-27,36-37H,2-3,21-23H2,1H3. The number of aliphatic hydroxyl groups excluding tert-OH is 2. The first-order chi connectivity index (χ1) is 20.0. The molecule has 6 heteroatoms. The summed E-state index contributed by atoms with van der Waals surface area (Å²) in [6.45, 7) is 5.33. The molecular weight excluding hydrogens is 516 g/mol. The molecule has 210 valence electrons. The van der Waals surface area contributed by atoms with E-state index >= 15 is 0 Å². The van der Waals surface area contributed by atoms with Crippen LogP contribution < -0.4 is 9.47 Å². The monoisotopic (exact) mass is 550 g/mol. The van der Waals surface area contributed by atoms with Gasteiger partial charge in [0, 0.05) is 6.08 Å². The van der Waals surface area contributed by atoms with Gasteiger partial charge in [0.2, 0.25) is 0 Å². The lowest BCUT2D eigenvalue weighted by molar-refractivity contribution is -0.141. The zero-order valence-corrected chi connectivity index (χ0v) is 23.0. The first kappa shape index (κ1) is 28.1. The van der Waals surface area contributed by atoms with Crippen molar-refractivity contribution in [3.8, 4) is 22.6 Å². The van der Waals surface area contributed by atoms with Crippen LogP contribution in [0.15, 0.2) is 110 Å². The second-order valence-electron chi connectivity index (χ2n) is 10.1. The van der Waals surface area contributed by atoms with E-state index in [1.807, 2.05) is 31.2 Å². The summed E-state index contributed by atoms with van der Waals surface area (Å²) in [7, 11) is 0. The first-order valence-electron chi connectivity index (χ1n) is 13.8. The fraction of sp³-hybridized carbons (Fsp3) is 0.229. The lowest BCUT2D eigenvalue weighted by atomic mass is 9.68. The number of aliphatic hydroxyl groups is 2. The maximum absolute atomic E-state index is 11.3. The third-order valence-electron chi connectivity index (χ3n) is 7.47. The summed E-state index contributed by atoms with van der Waals surface area (Å²) < 4.78 is 16.5. The van der Waals surface area contributed by atoms with Crippen LogP contribution in [-0.2, 0) is 14.9 Å². The van der Waals surface area contributed by atoms with Gasteiger partial charge in [-0.3, -0.25) is 0 Å². The molecule has 4 aromatic rings. The van der Waals surface area contributed by atoms with Gasteiger partial charge in [0.05, 0.1) is 11.5 Å². The van der Waals surface area contributed by atoms with E-state index in [2.05, 4.69) is 79.4 Å². The lowest BCUT2D eigenvalue weighted by Gasteiger charge is -2.34. The average molecular weight is 551 g/mol. The molecule has 0 saturated carbocycles. The van der Waals surface area contributed by atoms with Crippen molar-refractivity contribution in [2.75, 3.05) is 19.8 Å². The smallest absolute Gasteiger partial charge is 0.330 e. The molecule has 0 heterocycles. The normalized spacial score (nSPS) is 14.3. The Kier molecular flexibility index (Phi) is 8.53. The molecule has 41 heavy (non-hydrogen) atoms. The Balaban J connectivity index is 1.50. The molecule has 0 aromatic heterocycles. The summed E-state index contributed by atoms with van der Waals surface area (Å²) in [6, 6.07) is 33.0. The largest absolute Gasteiger partial charge is 0.491 e. The Morgan fingerprint density at radius 2 is 1.20 bits per heavy atom. The van der Waals surface area contributed by atoms with Gasteiger partial charge in [-0.1, -0.05) is 86.3 Å². The van der Waals surface area contributed by atoms with E-state index in [1.54, 1.807) is 0 Å². The predicted octanol–water partition coefficient (Wildman–Crippen LogP) is 5.67. The van der Waals surface area contributed by atoms with Crippen molar-refractivity contribution < 1.29 is 29.2 Å². The molecule has 0 saturated heterocycles. The number of hydrogen-bond acceptors (Lipinski definition) is 6. The molecule has 5 rings (SSSR count). The van der Waals surface area contributed by atoms with Gasteiger partial charge < -0.3 is 24.4 Å². The number of fused-ring (bicyclic) bond motifs is 3. The summed E-state index contributed by atoms with van der Waals surface area (Å²) in [5.74, 6) is 0.710. The van der Waals surface area contributed by atoms with Gasteiger partial charge in [-0.05, 0) is 64.1 Å². The summed E-state index contributed by atoms with van der Waals surface area (Å²) in [5, 5.41) is 20.1. The Hall–Kier alpha value is -4.39. The number of esters is 1. The Morgan fingerprint density at radius 3 is 1.66 bits per heavy atom. The summed E-state index contributed by atoms with van der Waals surface area (Å²) in [6.07, 6.45) is 0.228. The van der Waals surface area contributed by atoms with Gasteiger partial charge in [0.15, 0.2) is 0 Å². The van der Waals surface area contributed by atoms with E-state index in [4.69, 9.17) is 14.2 Å². The topological polar surface area (TPSA) is 85.2 Å². The Labute approximate surface area is 240 Å². The Bertz CT molecular complexity index is 1450. The van der Waals surface area contributed by atoms with Crippen LogP contribution in [0.1, 0.15) is 35.6 Å². The van der Waals surface area contributed by atoms with Crippen molar-refractivity contribution in [1.82, 2.24) is 0 Å². The molecule has 2 atom stereocenters. The van der Waals surface area contributed by atoms with Crippen LogP contribution in [0.4, 0.5) is 0 Å². The van der Waals surface area contributed by atoms with Crippen molar-refractivity contribution in [2.24, 2.45) is 0 Å². The van der Waals surface area contributed by atoms with Crippen LogP contribution in [0.3, 0.4) is 0 Å². The third-order valence-corrected chi connectivity index (χ3v) is 7.47. The van der Waals surface area contributed by atoms with E-state index in [0.29, 0.717) is 17.9 Å². The summed E-state index contributed by atoms with van der Waals surface area (Å²) >= 11 is 0. The number of rotatable bonds is 12. The molecule has 0 aliphatic heterocycles. The van der Waals surface area contributed by atoms with E-state index in [-0.39, 0.29) is 19.8 Å². The van der Waals surface area contributed by atoms with Gasteiger partial charge >= 0.3 is 5.97 Å². The SMILES string of the molecule is C=CC(=O)OCC(O)COc1ccc(C2(c3ccc(OCC(O)CC)cc3)c3ccccc3-c3ccccc32)cc1. The maximum Gasteiger partial charge on any atom is 0.330 e. The van der Waals surface area contributed by atoms with Crippen molar-refractivity contribution in [3.05, 3.63) is 132 Å². The molecule has 0 radical (unpaired) electrons. The van der Waals surface area contributed by atoms with Crippen LogP contribution in [0, 0.1) is 0 Å². The fourth-order valence-corrected chi connectivity index (χ4v) is 5.41. The quantitative estimate of drug-likeness (QED) is 0.154. The van der Waals surface area contributed by atoms with Crippen LogP contribution in [-0.4, -0.2) is 48.2 Å². The van der Waals surface area contributed by atoms with Crippen molar-refractivity contribution in [3.63, 3.8) is 0 Å². The zero-order valence-electron chi connectivity index (χ0n) is 23.0. The molecule has 1 aliphatic rings. The van der Waals surface area contributed by atoms with Crippen LogP contribution in [0.2, 0.25) is 0 Å². The first-order valence-corrected chi connectivity index (χ1v) is 13.8. The molecule has 0 amide bonds. The molecule has 1 aliphatic carbocycles. The molecule has 0 bridgehead atoms. The van der Waals surface area contributed by atoms with E-state index in [1.165, 1.54) is 22.3 Å². The fourth-order valence-electron chi connectivity index (χ4n) is 5.41. The van der Waals surface area contributed by atoms with Crippen molar-refractivity contribution in [1.29, 1.82) is 0 Å². The minimum Gasteiger partial charge on any atom is -0.491 e. The molecular formula is C35H34O6. The number of benzene rings is 4. The number of carbonyl (C=O) groups is 1. The lowest BCUT2D eigenvalue weighted by Crippen LogP contribution is -2.28. The van der Waals surface area contributed by atoms with Crippen LogP contribution in [0.25, 0.3) is 11.1 Å². The van der Waals surface area contributed by atoms with Crippen LogP contribution in [0.5, 0.6) is 11.5 Å². The van der Waals surface area contributed by atoms with E-state index < -0.39 is 23.6 Å². The van der Waals surface area contributed by atoms with Gasteiger partial charge in [-0.25, -0.2) is 4.79 Å². The third kappa shape index (κ3) is 5.62. The van der Waals surface area contributed by atoms with Crippen LogP contribution >= 0.6 is 0 Å². The summed E-state index contributed by atoms with van der Waals surface area (Å²) in [5.41, 5.74) is 6.32. The highest BCUT2D eigenvalue weighted by Gasteiger charge is 2.45. The minimum atomic E-state index is -0.960. The number of ether oxygens (including phenoxy) is 3.